The fraction of sp³-hybridized carbons (Fsp3) is 0.0455. The monoisotopic (exact) mass is 358 g/mol. The van der Waals surface area contributed by atoms with Crippen molar-refractivity contribution in [2.24, 2.45) is 5.10 Å². The highest BCUT2D eigenvalue weighted by atomic mass is 16.5. The van der Waals surface area contributed by atoms with Gasteiger partial charge in [0.25, 0.3) is 5.91 Å². The molecule has 0 saturated carbocycles. The van der Waals surface area contributed by atoms with Gasteiger partial charge in [-0.1, -0.05) is 48.0 Å². The Hall–Kier alpha value is -3.73. The van der Waals surface area contributed by atoms with Gasteiger partial charge in [0.1, 0.15) is 5.75 Å². The number of aryl methyl sites for hydroxylation is 1. The molecule has 3 aromatic rings. The highest BCUT2D eigenvalue weighted by Crippen LogP contribution is 2.17. The van der Waals surface area contributed by atoms with Gasteiger partial charge in [-0.25, -0.2) is 10.2 Å². The molecule has 0 aromatic heterocycles. The van der Waals surface area contributed by atoms with Crippen molar-refractivity contribution in [3.8, 4) is 5.75 Å². The molecule has 0 radical (unpaired) electrons. The molecular weight excluding hydrogens is 340 g/mol. The zero-order valence-electron chi connectivity index (χ0n) is 14.8. The van der Waals surface area contributed by atoms with E-state index >= 15 is 0 Å². The molecule has 0 aliphatic rings. The molecule has 1 N–H and O–H groups in total. The number of hydrogen-bond donors (Lipinski definition) is 1. The van der Waals surface area contributed by atoms with E-state index in [0.717, 1.165) is 5.56 Å². The Morgan fingerprint density at radius 3 is 2.26 bits per heavy atom. The van der Waals surface area contributed by atoms with Crippen LogP contribution in [0.5, 0.6) is 5.75 Å². The lowest BCUT2D eigenvalue weighted by Crippen LogP contribution is -2.17. The van der Waals surface area contributed by atoms with Gasteiger partial charge in [0.2, 0.25) is 0 Å². The second kappa shape index (κ2) is 8.58. The molecule has 0 atom stereocenters. The zero-order valence-corrected chi connectivity index (χ0v) is 14.8. The topological polar surface area (TPSA) is 67.8 Å². The van der Waals surface area contributed by atoms with Crippen LogP contribution in [0.2, 0.25) is 0 Å². The van der Waals surface area contributed by atoms with Crippen molar-refractivity contribution >= 4 is 18.1 Å². The first-order valence-corrected chi connectivity index (χ1v) is 8.40. The molecule has 0 fully saturated rings. The number of ether oxygens (including phenoxy) is 1. The van der Waals surface area contributed by atoms with Crippen molar-refractivity contribution in [2.75, 3.05) is 0 Å². The van der Waals surface area contributed by atoms with Crippen molar-refractivity contribution in [3.63, 3.8) is 0 Å². The summed E-state index contributed by atoms with van der Waals surface area (Å²) in [5, 5.41) is 3.97. The lowest BCUT2D eigenvalue weighted by Gasteiger charge is -2.07. The molecule has 0 heterocycles. The maximum Gasteiger partial charge on any atom is 0.343 e. The van der Waals surface area contributed by atoms with Crippen LogP contribution in [-0.2, 0) is 0 Å². The van der Waals surface area contributed by atoms with Gasteiger partial charge >= 0.3 is 5.97 Å². The number of para-hydroxylation sites is 1. The maximum atomic E-state index is 12.2. The predicted octanol–water partition coefficient (Wildman–Crippen LogP) is 3.98. The van der Waals surface area contributed by atoms with Crippen molar-refractivity contribution in [3.05, 3.63) is 101 Å². The lowest BCUT2D eigenvalue weighted by molar-refractivity contribution is 0.0734. The Morgan fingerprint density at radius 2 is 1.52 bits per heavy atom. The minimum atomic E-state index is -0.458. The Bertz CT molecular complexity index is 964. The van der Waals surface area contributed by atoms with Gasteiger partial charge in [-0.15, -0.1) is 0 Å². The molecule has 1 amide bonds. The Labute approximate surface area is 157 Å². The van der Waals surface area contributed by atoms with Crippen LogP contribution in [0.15, 0.2) is 84.0 Å². The predicted molar refractivity (Wildman–Crippen MR) is 104 cm³/mol. The summed E-state index contributed by atoms with van der Waals surface area (Å²) in [4.78, 5) is 24.3. The highest BCUT2D eigenvalue weighted by molar-refractivity contribution is 5.96. The summed E-state index contributed by atoms with van der Waals surface area (Å²) in [6, 6.07) is 22.9. The summed E-state index contributed by atoms with van der Waals surface area (Å²) in [6.07, 6.45) is 1.44. The van der Waals surface area contributed by atoms with Crippen LogP contribution in [-0.4, -0.2) is 18.1 Å². The number of hydrogen-bond acceptors (Lipinski definition) is 4. The van der Waals surface area contributed by atoms with E-state index in [1.807, 2.05) is 25.1 Å². The first-order chi connectivity index (χ1) is 13.1. The number of amides is 1. The average molecular weight is 358 g/mol. The van der Waals surface area contributed by atoms with E-state index in [0.29, 0.717) is 22.4 Å². The highest BCUT2D eigenvalue weighted by Gasteiger charge is 2.10. The Balaban J connectivity index is 1.68. The minimum Gasteiger partial charge on any atom is -0.422 e. The van der Waals surface area contributed by atoms with Crippen LogP contribution >= 0.6 is 0 Å². The summed E-state index contributed by atoms with van der Waals surface area (Å²) >= 11 is 0. The van der Waals surface area contributed by atoms with E-state index in [2.05, 4.69) is 10.5 Å². The van der Waals surface area contributed by atoms with Gasteiger partial charge in [0.15, 0.2) is 0 Å². The van der Waals surface area contributed by atoms with Crippen LogP contribution in [0.1, 0.15) is 31.8 Å². The molecule has 3 aromatic carbocycles. The number of nitrogens with zero attached hydrogens (tertiary/aromatic N) is 1. The van der Waals surface area contributed by atoms with E-state index in [1.165, 1.54) is 6.21 Å². The Morgan fingerprint density at radius 1 is 0.852 bits per heavy atom. The third-order valence-electron chi connectivity index (χ3n) is 3.81. The standard InChI is InChI=1S/C22H18N2O3/c1-16-11-13-17(14-12-16)21(25)24-23-15-19-9-5-6-10-20(19)27-22(26)18-7-3-2-4-8-18/h2-15H,1H3,(H,24,25). The summed E-state index contributed by atoms with van der Waals surface area (Å²) in [5.74, 6) is -0.412. The van der Waals surface area contributed by atoms with E-state index < -0.39 is 5.97 Å². The molecule has 5 heteroatoms. The van der Waals surface area contributed by atoms with Gasteiger partial charge in [0, 0.05) is 11.1 Å². The van der Waals surface area contributed by atoms with Gasteiger partial charge in [-0.3, -0.25) is 4.79 Å². The molecule has 0 aliphatic carbocycles. The fourth-order valence-electron chi connectivity index (χ4n) is 2.34. The minimum absolute atomic E-state index is 0.315. The van der Waals surface area contributed by atoms with Crippen LogP contribution in [0.4, 0.5) is 0 Å². The Kier molecular flexibility index (Phi) is 5.74. The third-order valence-corrected chi connectivity index (χ3v) is 3.81. The molecule has 0 spiro atoms. The molecule has 134 valence electrons. The molecule has 3 rings (SSSR count). The second-order valence-corrected chi connectivity index (χ2v) is 5.86. The normalized spacial score (nSPS) is 10.6. The van der Waals surface area contributed by atoms with E-state index in [-0.39, 0.29) is 5.91 Å². The van der Waals surface area contributed by atoms with Crippen molar-refractivity contribution in [1.29, 1.82) is 0 Å². The number of esters is 1. The quantitative estimate of drug-likeness (QED) is 0.325. The van der Waals surface area contributed by atoms with E-state index in [4.69, 9.17) is 4.74 Å². The summed E-state index contributed by atoms with van der Waals surface area (Å²) in [7, 11) is 0. The number of nitrogens with one attached hydrogen (secondary N) is 1. The molecule has 0 aliphatic heterocycles. The van der Waals surface area contributed by atoms with Crippen LogP contribution in [0.3, 0.4) is 0 Å². The van der Waals surface area contributed by atoms with Gasteiger partial charge in [-0.05, 0) is 43.3 Å². The summed E-state index contributed by atoms with van der Waals surface area (Å²) < 4.78 is 5.44. The molecular formula is C22H18N2O3. The number of benzene rings is 3. The number of carbonyl (C=O) groups excluding carboxylic acids is 2. The lowest BCUT2D eigenvalue weighted by atomic mass is 10.1. The number of rotatable bonds is 5. The third kappa shape index (κ3) is 4.89. The molecule has 0 saturated heterocycles. The molecule has 27 heavy (non-hydrogen) atoms. The molecule has 0 unspecified atom stereocenters. The molecule has 5 nitrogen and oxygen atoms in total. The average Bonchev–Trinajstić information content (AvgIpc) is 2.70. The van der Waals surface area contributed by atoms with Crippen molar-refractivity contribution in [2.45, 2.75) is 6.92 Å². The molecule has 0 bridgehead atoms. The van der Waals surface area contributed by atoms with Crippen LogP contribution in [0.25, 0.3) is 0 Å². The van der Waals surface area contributed by atoms with Crippen LogP contribution in [0, 0.1) is 6.92 Å². The van der Waals surface area contributed by atoms with Crippen molar-refractivity contribution < 1.29 is 14.3 Å². The van der Waals surface area contributed by atoms with E-state index in [9.17, 15) is 9.59 Å². The SMILES string of the molecule is Cc1ccc(C(=O)NN=Cc2ccccc2OC(=O)c2ccccc2)cc1. The number of hydrazone groups is 1. The van der Waals surface area contributed by atoms with Crippen LogP contribution < -0.4 is 10.2 Å². The van der Waals surface area contributed by atoms with Crippen molar-refractivity contribution in [1.82, 2.24) is 5.43 Å². The van der Waals surface area contributed by atoms with Gasteiger partial charge < -0.3 is 4.74 Å². The zero-order chi connectivity index (χ0) is 19.1. The second-order valence-electron chi connectivity index (χ2n) is 5.86. The smallest absolute Gasteiger partial charge is 0.343 e. The van der Waals surface area contributed by atoms with E-state index in [1.54, 1.807) is 60.7 Å². The first kappa shape index (κ1) is 18.1. The van der Waals surface area contributed by atoms with Gasteiger partial charge in [0.05, 0.1) is 11.8 Å². The summed E-state index contributed by atoms with van der Waals surface area (Å²) in [6.45, 7) is 1.95. The first-order valence-electron chi connectivity index (χ1n) is 8.40. The van der Waals surface area contributed by atoms with Gasteiger partial charge in [-0.2, -0.15) is 5.10 Å². The largest absolute Gasteiger partial charge is 0.422 e. The maximum absolute atomic E-state index is 12.2. The fourth-order valence-corrected chi connectivity index (χ4v) is 2.34. The number of carbonyl (C=O) groups is 2. The summed E-state index contributed by atoms with van der Waals surface area (Å²) in [5.41, 5.74) is 5.09.